The van der Waals surface area contributed by atoms with Crippen molar-refractivity contribution >= 4 is 11.6 Å². The van der Waals surface area contributed by atoms with Crippen molar-refractivity contribution in [2.45, 2.75) is 19.8 Å². The van der Waals surface area contributed by atoms with E-state index in [0.717, 1.165) is 35.6 Å². The summed E-state index contributed by atoms with van der Waals surface area (Å²) in [5.41, 5.74) is 7.56. The third kappa shape index (κ3) is 2.87. The standard InChI is InChI=1S/C13H15ClN2O/c1-9-4-5-10(14)7-11(9)12-8-16-13(17-12)3-2-6-15/h4-5,7-8H,2-3,6,15H2,1H3. The van der Waals surface area contributed by atoms with Gasteiger partial charge in [-0.1, -0.05) is 17.7 Å². The van der Waals surface area contributed by atoms with E-state index in [9.17, 15) is 0 Å². The molecule has 0 atom stereocenters. The molecule has 0 aliphatic carbocycles. The van der Waals surface area contributed by atoms with Crippen LogP contribution >= 0.6 is 11.6 Å². The van der Waals surface area contributed by atoms with Gasteiger partial charge >= 0.3 is 0 Å². The number of nitrogens with two attached hydrogens (primary N) is 1. The van der Waals surface area contributed by atoms with Crippen molar-refractivity contribution in [3.63, 3.8) is 0 Å². The van der Waals surface area contributed by atoms with Crippen molar-refractivity contribution in [2.24, 2.45) is 5.73 Å². The summed E-state index contributed by atoms with van der Waals surface area (Å²) in [7, 11) is 0. The van der Waals surface area contributed by atoms with Gasteiger partial charge < -0.3 is 10.2 Å². The molecule has 0 amide bonds. The Labute approximate surface area is 106 Å². The Kier molecular flexibility index (Phi) is 3.82. The number of hydrogen-bond acceptors (Lipinski definition) is 3. The molecule has 0 bridgehead atoms. The Balaban J connectivity index is 2.27. The van der Waals surface area contributed by atoms with Crippen LogP contribution in [-0.2, 0) is 6.42 Å². The molecule has 0 saturated heterocycles. The third-order valence-electron chi connectivity index (χ3n) is 2.61. The van der Waals surface area contributed by atoms with Crippen molar-refractivity contribution in [1.29, 1.82) is 0 Å². The van der Waals surface area contributed by atoms with Gasteiger partial charge in [-0.2, -0.15) is 0 Å². The smallest absolute Gasteiger partial charge is 0.194 e. The largest absolute Gasteiger partial charge is 0.441 e. The fourth-order valence-electron chi connectivity index (χ4n) is 1.66. The van der Waals surface area contributed by atoms with Gasteiger partial charge in [0.05, 0.1) is 6.20 Å². The van der Waals surface area contributed by atoms with Crippen LogP contribution in [0.1, 0.15) is 17.9 Å². The fraction of sp³-hybridized carbons (Fsp3) is 0.308. The molecule has 0 aliphatic rings. The highest BCUT2D eigenvalue weighted by Crippen LogP contribution is 2.27. The molecule has 0 unspecified atom stereocenters. The van der Waals surface area contributed by atoms with Crippen LogP contribution in [0.15, 0.2) is 28.8 Å². The Morgan fingerprint density at radius 3 is 3.00 bits per heavy atom. The second kappa shape index (κ2) is 5.34. The summed E-state index contributed by atoms with van der Waals surface area (Å²) in [5.74, 6) is 1.49. The predicted octanol–water partition coefficient (Wildman–Crippen LogP) is 3.19. The lowest BCUT2D eigenvalue weighted by Gasteiger charge is -2.02. The monoisotopic (exact) mass is 250 g/mol. The van der Waals surface area contributed by atoms with Crippen LogP contribution in [0.3, 0.4) is 0 Å². The quantitative estimate of drug-likeness (QED) is 0.907. The van der Waals surface area contributed by atoms with Crippen molar-refractivity contribution in [2.75, 3.05) is 6.54 Å². The molecular weight excluding hydrogens is 236 g/mol. The average Bonchev–Trinajstić information content (AvgIpc) is 2.78. The van der Waals surface area contributed by atoms with E-state index in [4.69, 9.17) is 21.8 Å². The Morgan fingerprint density at radius 2 is 2.24 bits per heavy atom. The van der Waals surface area contributed by atoms with E-state index in [1.165, 1.54) is 0 Å². The first kappa shape index (κ1) is 12.1. The number of benzene rings is 1. The predicted molar refractivity (Wildman–Crippen MR) is 69.1 cm³/mol. The number of aromatic nitrogens is 1. The topological polar surface area (TPSA) is 52.0 Å². The van der Waals surface area contributed by atoms with Crippen LogP contribution in [0.2, 0.25) is 5.02 Å². The second-order valence-electron chi connectivity index (χ2n) is 3.97. The van der Waals surface area contributed by atoms with Gasteiger partial charge in [0.2, 0.25) is 0 Å². The van der Waals surface area contributed by atoms with Crippen LogP contribution in [0.4, 0.5) is 0 Å². The average molecular weight is 251 g/mol. The first-order valence-electron chi connectivity index (χ1n) is 5.62. The molecule has 17 heavy (non-hydrogen) atoms. The summed E-state index contributed by atoms with van der Waals surface area (Å²) in [6.45, 7) is 2.67. The van der Waals surface area contributed by atoms with Gasteiger partial charge in [0.25, 0.3) is 0 Å². The van der Waals surface area contributed by atoms with E-state index in [2.05, 4.69) is 4.98 Å². The SMILES string of the molecule is Cc1ccc(Cl)cc1-c1cnc(CCCN)o1. The summed E-state index contributed by atoms with van der Waals surface area (Å²) >= 11 is 5.98. The molecule has 2 aromatic rings. The van der Waals surface area contributed by atoms with Gasteiger partial charge in [0.15, 0.2) is 11.7 Å². The molecule has 0 saturated carbocycles. The van der Waals surface area contributed by atoms with Gasteiger partial charge in [-0.05, 0) is 37.6 Å². The Bertz CT molecular complexity index is 508. The van der Waals surface area contributed by atoms with Crippen molar-refractivity contribution in [1.82, 2.24) is 4.98 Å². The first-order chi connectivity index (χ1) is 8.20. The molecule has 2 N–H and O–H groups in total. The maximum absolute atomic E-state index is 5.98. The number of rotatable bonds is 4. The number of oxazole rings is 1. The number of nitrogens with zero attached hydrogens (tertiary/aromatic N) is 1. The zero-order chi connectivity index (χ0) is 12.3. The number of halogens is 1. The molecule has 1 aromatic heterocycles. The molecular formula is C13H15ClN2O. The van der Waals surface area contributed by atoms with Crippen LogP contribution in [0.25, 0.3) is 11.3 Å². The highest BCUT2D eigenvalue weighted by molar-refractivity contribution is 6.30. The van der Waals surface area contributed by atoms with Crippen molar-refractivity contribution in [3.8, 4) is 11.3 Å². The van der Waals surface area contributed by atoms with Gasteiger partial charge in [0, 0.05) is 17.0 Å². The minimum atomic E-state index is 0.647. The summed E-state index contributed by atoms with van der Waals surface area (Å²) in [4.78, 5) is 4.24. The van der Waals surface area contributed by atoms with Crippen molar-refractivity contribution < 1.29 is 4.42 Å². The summed E-state index contributed by atoms with van der Waals surface area (Å²) in [6.07, 6.45) is 3.40. The lowest BCUT2D eigenvalue weighted by atomic mass is 10.1. The van der Waals surface area contributed by atoms with E-state index in [1.54, 1.807) is 6.20 Å². The van der Waals surface area contributed by atoms with E-state index in [0.29, 0.717) is 11.6 Å². The fourth-order valence-corrected chi connectivity index (χ4v) is 1.84. The normalized spacial score (nSPS) is 10.8. The maximum atomic E-state index is 5.98. The van der Waals surface area contributed by atoms with E-state index in [1.807, 2.05) is 25.1 Å². The molecule has 3 nitrogen and oxygen atoms in total. The maximum Gasteiger partial charge on any atom is 0.194 e. The van der Waals surface area contributed by atoms with Crippen LogP contribution in [-0.4, -0.2) is 11.5 Å². The lowest BCUT2D eigenvalue weighted by molar-refractivity contribution is 0.499. The molecule has 2 rings (SSSR count). The third-order valence-corrected chi connectivity index (χ3v) is 2.85. The Hall–Kier alpha value is -1.32. The molecule has 4 heteroatoms. The van der Waals surface area contributed by atoms with E-state index in [-0.39, 0.29) is 0 Å². The van der Waals surface area contributed by atoms with Gasteiger partial charge in [-0.3, -0.25) is 0 Å². The summed E-state index contributed by atoms with van der Waals surface area (Å²) < 4.78 is 5.68. The van der Waals surface area contributed by atoms with E-state index < -0.39 is 0 Å². The lowest BCUT2D eigenvalue weighted by Crippen LogP contribution is -2.00. The number of hydrogen-bond donors (Lipinski definition) is 1. The highest BCUT2D eigenvalue weighted by atomic mass is 35.5. The zero-order valence-corrected chi connectivity index (χ0v) is 10.5. The minimum absolute atomic E-state index is 0.647. The summed E-state index contributed by atoms with van der Waals surface area (Å²) in [6, 6.07) is 5.73. The van der Waals surface area contributed by atoms with E-state index >= 15 is 0 Å². The molecule has 1 aromatic carbocycles. The molecule has 1 heterocycles. The highest BCUT2D eigenvalue weighted by Gasteiger charge is 2.09. The first-order valence-corrected chi connectivity index (χ1v) is 6.00. The molecule has 0 fully saturated rings. The van der Waals surface area contributed by atoms with Crippen molar-refractivity contribution in [3.05, 3.63) is 40.9 Å². The van der Waals surface area contributed by atoms with Crippen LogP contribution in [0.5, 0.6) is 0 Å². The zero-order valence-electron chi connectivity index (χ0n) is 9.74. The van der Waals surface area contributed by atoms with Gasteiger partial charge in [-0.15, -0.1) is 0 Å². The van der Waals surface area contributed by atoms with Gasteiger partial charge in [0.1, 0.15) is 0 Å². The Morgan fingerprint density at radius 1 is 1.41 bits per heavy atom. The number of aryl methyl sites for hydroxylation is 2. The molecule has 0 radical (unpaired) electrons. The minimum Gasteiger partial charge on any atom is -0.441 e. The van der Waals surface area contributed by atoms with Gasteiger partial charge in [-0.25, -0.2) is 4.98 Å². The van der Waals surface area contributed by atoms with Crippen LogP contribution in [0, 0.1) is 6.92 Å². The molecule has 0 spiro atoms. The molecule has 0 aliphatic heterocycles. The van der Waals surface area contributed by atoms with Crippen LogP contribution < -0.4 is 5.73 Å². The molecule has 90 valence electrons. The summed E-state index contributed by atoms with van der Waals surface area (Å²) in [5, 5.41) is 0.700. The second-order valence-corrected chi connectivity index (χ2v) is 4.41.